The molecule has 1 amide bonds. The number of amides is 1. The average molecular weight is 305 g/mol. The topological polar surface area (TPSA) is 63.2 Å². The summed E-state index contributed by atoms with van der Waals surface area (Å²) in [7, 11) is 1.63. The predicted molar refractivity (Wildman–Crippen MR) is 84.8 cm³/mol. The van der Waals surface area contributed by atoms with E-state index in [1.807, 2.05) is 12.1 Å². The Morgan fingerprint density at radius 1 is 1.57 bits per heavy atom. The minimum atomic E-state index is -0.484. The maximum absolute atomic E-state index is 12.6. The Bertz CT molecular complexity index is 662. The molecule has 1 aliphatic rings. The zero-order valence-corrected chi connectivity index (χ0v) is 13.0. The minimum absolute atomic E-state index is 0.00914. The molecule has 2 heterocycles. The molecule has 5 nitrogen and oxygen atoms in total. The number of nitrogens with one attached hydrogen (secondary N) is 2. The second-order valence-corrected chi connectivity index (χ2v) is 6.62. The van der Waals surface area contributed by atoms with Gasteiger partial charge in [-0.1, -0.05) is 17.4 Å². The van der Waals surface area contributed by atoms with Crippen LogP contribution in [0.2, 0.25) is 0 Å². The Labute approximate surface area is 127 Å². The molecular formula is C15H19N3O2S. The van der Waals surface area contributed by atoms with Crippen LogP contribution in [0, 0.1) is 12.3 Å². The molecule has 1 saturated heterocycles. The summed E-state index contributed by atoms with van der Waals surface area (Å²) in [4.78, 5) is 17.1. The van der Waals surface area contributed by atoms with Gasteiger partial charge in [-0.2, -0.15) is 0 Å². The number of thiazole rings is 1. The van der Waals surface area contributed by atoms with Gasteiger partial charge in [-0.25, -0.2) is 4.98 Å². The van der Waals surface area contributed by atoms with E-state index in [2.05, 4.69) is 28.6 Å². The standard InChI is InChI=1S/C15H19N3O2S/c1-10-3-4-11-12(7-10)21-14(17-11)18-13(19)15(9-20-2)5-6-16-8-15/h3-4,7,16H,5-6,8-9H2,1-2H3,(H,17,18,19). The van der Waals surface area contributed by atoms with Crippen molar-refractivity contribution in [2.45, 2.75) is 13.3 Å². The van der Waals surface area contributed by atoms with Crippen molar-refractivity contribution in [3.63, 3.8) is 0 Å². The molecule has 0 bridgehead atoms. The number of carbonyl (C=O) groups excluding carboxylic acids is 1. The number of hydrogen-bond acceptors (Lipinski definition) is 5. The van der Waals surface area contributed by atoms with Crippen LogP contribution in [0.15, 0.2) is 18.2 Å². The summed E-state index contributed by atoms with van der Waals surface area (Å²) < 4.78 is 6.34. The van der Waals surface area contributed by atoms with Gasteiger partial charge in [0.1, 0.15) is 0 Å². The lowest BCUT2D eigenvalue weighted by atomic mass is 9.87. The number of methoxy groups -OCH3 is 1. The summed E-state index contributed by atoms with van der Waals surface area (Å²) in [6, 6.07) is 6.10. The third-order valence-electron chi connectivity index (χ3n) is 3.91. The Kier molecular flexibility index (Phi) is 3.93. The lowest BCUT2D eigenvalue weighted by Gasteiger charge is -2.25. The molecule has 2 aromatic rings. The Balaban J connectivity index is 1.82. The van der Waals surface area contributed by atoms with Gasteiger partial charge in [0.05, 0.1) is 22.2 Å². The number of hydrogen-bond donors (Lipinski definition) is 2. The van der Waals surface area contributed by atoms with Crippen LogP contribution in [0.4, 0.5) is 5.13 Å². The fraction of sp³-hybridized carbons (Fsp3) is 0.467. The number of anilines is 1. The maximum Gasteiger partial charge on any atom is 0.236 e. The second-order valence-electron chi connectivity index (χ2n) is 5.58. The predicted octanol–water partition coefficient (Wildman–Crippen LogP) is 2.17. The van der Waals surface area contributed by atoms with Gasteiger partial charge in [-0.15, -0.1) is 0 Å². The van der Waals surface area contributed by atoms with E-state index >= 15 is 0 Å². The monoisotopic (exact) mass is 305 g/mol. The van der Waals surface area contributed by atoms with Crippen molar-refractivity contribution in [1.29, 1.82) is 0 Å². The van der Waals surface area contributed by atoms with Gasteiger partial charge in [-0.05, 0) is 37.6 Å². The molecule has 1 atom stereocenters. The van der Waals surface area contributed by atoms with E-state index < -0.39 is 5.41 Å². The van der Waals surface area contributed by atoms with Gasteiger partial charge in [0.2, 0.25) is 5.91 Å². The number of aromatic nitrogens is 1. The highest BCUT2D eigenvalue weighted by atomic mass is 32.1. The molecule has 3 rings (SSSR count). The number of ether oxygens (including phenoxy) is 1. The second kappa shape index (κ2) is 5.71. The molecular weight excluding hydrogens is 286 g/mol. The molecule has 0 radical (unpaired) electrons. The molecule has 1 fully saturated rings. The zero-order chi connectivity index (χ0) is 14.9. The molecule has 2 N–H and O–H groups in total. The summed E-state index contributed by atoms with van der Waals surface area (Å²) >= 11 is 1.51. The largest absolute Gasteiger partial charge is 0.384 e. The van der Waals surface area contributed by atoms with Crippen molar-refractivity contribution in [1.82, 2.24) is 10.3 Å². The van der Waals surface area contributed by atoms with Gasteiger partial charge >= 0.3 is 0 Å². The quantitative estimate of drug-likeness (QED) is 0.909. The highest BCUT2D eigenvalue weighted by Crippen LogP contribution is 2.31. The van der Waals surface area contributed by atoms with Crippen LogP contribution in [0.5, 0.6) is 0 Å². The fourth-order valence-electron chi connectivity index (χ4n) is 2.72. The number of fused-ring (bicyclic) bond motifs is 1. The molecule has 1 aromatic heterocycles. The SMILES string of the molecule is COCC1(C(=O)Nc2nc3ccc(C)cc3s2)CCNC1. The number of aryl methyl sites for hydroxylation is 1. The molecule has 21 heavy (non-hydrogen) atoms. The number of nitrogens with zero attached hydrogens (tertiary/aromatic N) is 1. The van der Waals surface area contributed by atoms with E-state index in [0.717, 1.165) is 23.2 Å². The molecule has 0 aliphatic carbocycles. The lowest BCUT2D eigenvalue weighted by molar-refractivity contribution is -0.127. The number of rotatable bonds is 4. The van der Waals surface area contributed by atoms with Crippen LogP contribution in [-0.2, 0) is 9.53 Å². The molecule has 1 unspecified atom stereocenters. The van der Waals surface area contributed by atoms with E-state index in [9.17, 15) is 4.79 Å². The zero-order valence-electron chi connectivity index (χ0n) is 12.2. The highest BCUT2D eigenvalue weighted by Gasteiger charge is 2.41. The van der Waals surface area contributed by atoms with Gasteiger partial charge < -0.3 is 15.4 Å². The maximum atomic E-state index is 12.6. The number of carbonyl (C=O) groups is 1. The van der Waals surface area contributed by atoms with E-state index in [4.69, 9.17) is 4.74 Å². The van der Waals surface area contributed by atoms with Crippen LogP contribution in [0.1, 0.15) is 12.0 Å². The summed E-state index contributed by atoms with van der Waals surface area (Å²) in [6.45, 7) is 3.97. The van der Waals surface area contributed by atoms with Crippen LogP contribution in [-0.4, -0.2) is 37.7 Å². The Morgan fingerprint density at radius 2 is 2.43 bits per heavy atom. The van der Waals surface area contributed by atoms with Gasteiger partial charge in [0.15, 0.2) is 5.13 Å². The molecule has 0 spiro atoms. The first-order valence-corrected chi connectivity index (χ1v) is 7.83. The van der Waals surface area contributed by atoms with Crippen LogP contribution in [0.3, 0.4) is 0 Å². The molecule has 1 aromatic carbocycles. The third-order valence-corrected chi connectivity index (χ3v) is 4.84. The molecule has 0 saturated carbocycles. The molecule has 112 valence electrons. The first-order valence-electron chi connectivity index (χ1n) is 7.01. The van der Waals surface area contributed by atoms with Gasteiger partial charge in [0.25, 0.3) is 0 Å². The highest BCUT2D eigenvalue weighted by molar-refractivity contribution is 7.22. The number of benzene rings is 1. The van der Waals surface area contributed by atoms with E-state index in [0.29, 0.717) is 18.3 Å². The summed E-state index contributed by atoms with van der Waals surface area (Å²) in [5.41, 5.74) is 1.63. The van der Waals surface area contributed by atoms with E-state index in [-0.39, 0.29) is 5.91 Å². The van der Waals surface area contributed by atoms with E-state index in [1.54, 1.807) is 7.11 Å². The van der Waals surface area contributed by atoms with Crippen molar-refractivity contribution >= 4 is 32.6 Å². The normalized spacial score (nSPS) is 21.8. The molecule has 6 heteroatoms. The lowest BCUT2D eigenvalue weighted by Crippen LogP contribution is -2.41. The van der Waals surface area contributed by atoms with Crippen molar-refractivity contribution in [3.8, 4) is 0 Å². The average Bonchev–Trinajstić information content (AvgIpc) is 3.06. The Hall–Kier alpha value is -1.50. The van der Waals surface area contributed by atoms with Crippen LogP contribution in [0.25, 0.3) is 10.2 Å². The van der Waals surface area contributed by atoms with Gasteiger partial charge in [-0.3, -0.25) is 4.79 Å². The summed E-state index contributed by atoms with van der Waals surface area (Å²) in [6.07, 6.45) is 0.788. The van der Waals surface area contributed by atoms with Gasteiger partial charge in [0, 0.05) is 13.7 Å². The molecule has 1 aliphatic heterocycles. The van der Waals surface area contributed by atoms with Crippen molar-refractivity contribution in [3.05, 3.63) is 23.8 Å². The summed E-state index contributed by atoms with van der Waals surface area (Å²) in [5, 5.41) is 6.86. The Morgan fingerprint density at radius 3 is 3.14 bits per heavy atom. The smallest absolute Gasteiger partial charge is 0.236 e. The third kappa shape index (κ3) is 2.79. The minimum Gasteiger partial charge on any atom is -0.384 e. The van der Waals surface area contributed by atoms with Crippen molar-refractivity contribution in [2.75, 3.05) is 32.1 Å². The first-order chi connectivity index (χ1) is 10.1. The fourth-order valence-corrected chi connectivity index (χ4v) is 3.68. The van der Waals surface area contributed by atoms with Crippen molar-refractivity contribution in [2.24, 2.45) is 5.41 Å². The van der Waals surface area contributed by atoms with Crippen LogP contribution < -0.4 is 10.6 Å². The van der Waals surface area contributed by atoms with E-state index in [1.165, 1.54) is 16.9 Å². The van der Waals surface area contributed by atoms with Crippen LogP contribution >= 0.6 is 11.3 Å². The first kappa shape index (κ1) is 14.4. The van der Waals surface area contributed by atoms with Crippen molar-refractivity contribution < 1.29 is 9.53 Å². The summed E-state index contributed by atoms with van der Waals surface area (Å²) in [5.74, 6) is -0.00914.